The number of hydrogen-bond acceptors (Lipinski definition) is 4. The highest BCUT2D eigenvalue weighted by molar-refractivity contribution is 7.14. The highest BCUT2D eigenvalue weighted by Gasteiger charge is 2.12. The number of imidazole rings is 1. The Morgan fingerprint density at radius 1 is 1.38 bits per heavy atom. The van der Waals surface area contributed by atoms with Crippen molar-refractivity contribution in [1.29, 1.82) is 0 Å². The van der Waals surface area contributed by atoms with Crippen LogP contribution < -0.4 is 5.73 Å². The van der Waals surface area contributed by atoms with Crippen molar-refractivity contribution in [2.45, 2.75) is 0 Å². The van der Waals surface area contributed by atoms with Gasteiger partial charge in [-0.05, 0) is 17.5 Å². The summed E-state index contributed by atoms with van der Waals surface area (Å²) in [6.45, 7) is 0. The maximum absolute atomic E-state index is 5.90. The number of nitrogens with two attached hydrogens (primary N) is 1. The molecular formula is C11H10N4S. The third kappa shape index (κ3) is 1.22. The lowest BCUT2D eigenvalue weighted by Crippen LogP contribution is -1.93. The van der Waals surface area contributed by atoms with Crippen LogP contribution in [0.2, 0.25) is 0 Å². The number of aromatic nitrogens is 3. The number of hydrogen-bond donors (Lipinski definition) is 1. The molecule has 0 fully saturated rings. The second kappa shape index (κ2) is 3.31. The van der Waals surface area contributed by atoms with Crippen molar-refractivity contribution >= 4 is 28.1 Å². The maximum atomic E-state index is 5.90. The predicted molar refractivity (Wildman–Crippen MR) is 66.2 cm³/mol. The molecule has 0 atom stereocenters. The first kappa shape index (κ1) is 9.35. The first-order chi connectivity index (χ1) is 7.77. The Labute approximate surface area is 96.4 Å². The molecule has 16 heavy (non-hydrogen) atoms. The molecule has 0 radical (unpaired) electrons. The van der Waals surface area contributed by atoms with Crippen molar-refractivity contribution in [3.63, 3.8) is 0 Å². The van der Waals surface area contributed by atoms with Gasteiger partial charge in [-0.3, -0.25) is 4.98 Å². The molecule has 0 amide bonds. The van der Waals surface area contributed by atoms with Crippen LogP contribution in [0.15, 0.2) is 29.9 Å². The molecule has 2 N–H and O–H groups in total. The topological polar surface area (TPSA) is 56.7 Å². The Morgan fingerprint density at radius 2 is 2.25 bits per heavy atom. The van der Waals surface area contributed by atoms with E-state index in [1.165, 1.54) is 0 Å². The molecule has 3 heterocycles. The van der Waals surface area contributed by atoms with Crippen LogP contribution in [0.3, 0.4) is 0 Å². The van der Waals surface area contributed by atoms with Crippen molar-refractivity contribution in [2.75, 3.05) is 5.73 Å². The summed E-state index contributed by atoms with van der Waals surface area (Å²) in [7, 11) is 1.98. The summed E-state index contributed by atoms with van der Waals surface area (Å²) in [5.74, 6) is 0.899. The summed E-state index contributed by atoms with van der Waals surface area (Å²) >= 11 is 1.60. The molecule has 3 aromatic rings. The average molecular weight is 230 g/mol. The van der Waals surface area contributed by atoms with Gasteiger partial charge < -0.3 is 10.3 Å². The summed E-state index contributed by atoms with van der Waals surface area (Å²) in [5.41, 5.74) is 8.64. The zero-order valence-corrected chi connectivity index (χ0v) is 9.53. The minimum atomic E-state index is 0.774. The van der Waals surface area contributed by atoms with E-state index in [9.17, 15) is 0 Å². The molecule has 0 saturated heterocycles. The standard InChI is InChI=1S/C11H10N4S/c1-15-9-6-13-4-2-8(9)14-11(15)10-7(12)3-5-16-10/h2-6H,12H2,1H3. The number of thiophene rings is 1. The molecule has 80 valence electrons. The minimum Gasteiger partial charge on any atom is -0.397 e. The Bertz CT molecular complexity index is 653. The zero-order chi connectivity index (χ0) is 11.1. The van der Waals surface area contributed by atoms with Crippen molar-refractivity contribution < 1.29 is 0 Å². The summed E-state index contributed by atoms with van der Waals surface area (Å²) in [4.78, 5) is 9.68. The minimum absolute atomic E-state index is 0.774. The highest BCUT2D eigenvalue weighted by Crippen LogP contribution is 2.32. The van der Waals surface area contributed by atoms with Gasteiger partial charge in [-0.25, -0.2) is 4.98 Å². The van der Waals surface area contributed by atoms with Gasteiger partial charge in [0, 0.05) is 13.2 Å². The van der Waals surface area contributed by atoms with Gasteiger partial charge in [0.1, 0.15) is 0 Å². The lowest BCUT2D eigenvalue weighted by atomic mass is 10.4. The monoisotopic (exact) mass is 230 g/mol. The fourth-order valence-corrected chi connectivity index (χ4v) is 2.58. The van der Waals surface area contributed by atoms with Gasteiger partial charge in [0.2, 0.25) is 0 Å². The van der Waals surface area contributed by atoms with Gasteiger partial charge in [-0.15, -0.1) is 11.3 Å². The van der Waals surface area contributed by atoms with E-state index < -0.39 is 0 Å². The first-order valence-corrected chi connectivity index (χ1v) is 5.75. The van der Waals surface area contributed by atoms with Crippen LogP contribution in [0, 0.1) is 0 Å². The molecule has 4 nitrogen and oxygen atoms in total. The lowest BCUT2D eigenvalue weighted by molar-refractivity contribution is 0.960. The number of anilines is 1. The van der Waals surface area contributed by atoms with Crippen LogP contribution >= 0.6 is 11.3 Å². The molecule has 0 aliphatic heterocycles. The molecule has 0 unspecified atom stereocenters. The molecule has 5 heteroatoms. The van der Waals surface area contributed by atoms with E-state index in [0.717, 1.165) is 27.4 Å². The van der Waals surface area contributed by atoms with Gasteiger partial charge in [-0.2, -0.15) is 0 Å². The van der Waals surface area contributed by atoms with Crippen molar-refractivity contribution in [1.82, 2.24) is 14.5 Å². The predicted octanol–water partition coefficient (Wildman–Crippen LogP) is 2.28. The Balaban J connectivity index is 2.33. The van der Waals surface area contributed by atoms with Crippen LogP contribution in [0.5, 0.6) is 0 Å². The Kier molecular flexibility index (Phi) is 1.94. The van der Waals surface area contributed by atoms with Gasteiger partial charge >= 0.3 is 0 Å². The van der Waals surface area contributed by atoms with Crippen LogP contribution in [-0.4, -0.2) is 14.5 Å². The maximum Gasteiger partial charge on any atom is 0.153 e. The van der Waals surface area contributed by atoms with E-state index >= 15 is 0 Å². The van der Waals surface area contributed by atoms with Crippen molar-refractivity contribution in [2.24, 2.45) is 7.05 Å². The average Bonchev–Trinajstić information content (AvgIpc) is 2.84. The molecule has 0 aliphatic rings. The van der Waals surface area contributed by atoms with E-state index in [-0.39, 0.29) is 0 Å². The van der Waals surface area contributed by atoms with E-state index in [2.05, 4.69) is 9.97 Å². The first-order valence-electron chi connectivity index (χ1n) is 4.87. The fourth-order valence-electron chi connectivity index (χ4n) is 1.74. The highest BCUT2D eigenvalue weighted by atomic mass is 32.1. The van der Waals surface area contributed by atoms with Crippen LogP contribution in [0.4, 0.5) is 5.69 Å². The summed E-state index contributed by atoms with van der Waals surface area (Å²) in [5, 5.41) is 1.97. The van der Waals surface area contributed by atoms with Crippen LogP contribution in [-0.2, 0) is 7.05 Å². The van der Waals surface area contributed by atoms with Gasteiger partial charge in [-0.1, -0.05) is 0 Å². The second-order valence-corrected chi connectivity index (χ2v) is 4.48. The number of fused-ring (bicyclic) bond motifs is 1. The van der Waals surface area contributed by atoms with Crippen LogP contribution in [0.25, 0.3) is 21.7 Å². The lowest BCUT2D eigenvalue weighted by Gasteiger charge is -2.00. The smallest absolute Gasteiger partial charge is 0.153 e. The largest absolute Gasteiger partial charge is 0.397 e. The molecule has 0 bridgehead atoms. The molecule has 3 rings (SSSR count). The SMILES string of the molecule is Cn1c(-c2sccc2N)nc2ccncc21. The molecule has 0 aliphatic carbocycles. The number of aryl methyl sites for hydroxylation is 1. The van der Waals surface area contributed by atoms with Gasteiger partial charge in [0.25, 0.3) is 0 Å². The Hall–Kier alpha value is -1.88. The third-order valence-electron chi connectivity index (χ3n) is 2.58. The number of nitrogen functional groups attached to an aromatic ring is 1. The zero-order valence-electron chi connectivity index (χ0n) is 8.71. The number of pyridine rings is 1. The van der Waals surface area contributed by atoms with E-state index in [1.54, 1.807) is 17.5 Å². The second-order valence-electron chi connectivity index (χ2n) is 3.56. The van der Waals surface area contributed by atoms with Gasteiger partial charge in [0.05, 0.1) is 27.8 Å². The van der Waals surface area contributed by atoms with Crippen molar-refractivity contribution in [3.05, 3.63) is 29.9 Å². The molecule has 0 saturated carbocycles. The molecule has 3 aromatic heterocycles. The number of nitrogens with zero attached hydrogens (tertiary/aromatic N) is 3. The van der Waals surface area contributed by atoms with E-state index in [0.29, 0.717) is 0 Å². The quantitative estimate of drug-likeness (QED) is 0.697. The third-order valence-corrected chi connectivity index (χ3v) is 3.51. The van der Waals surface area contributed by atoms with Crippen LogP contribution in [0.1, 0.15) is 0 Å². The fraction of sp³-hybridized carbons (Fsp3) is 0.0909. The van der Waals surface area contributed by atoms with E-state index in [4.69, 9.17) is 5.73 Å². The normalized spacial score (nSPS) is 11.1. The number of rotatable bonds is 1. The van der Waals surface area contributed by atoms with Gasteiger partial charge in [0.15, 0.2) is 5.82 Å². The Morgan fingerprint density at radius 3 is 2.94 bits per heavy atom. The molecule has 0 spiro atoms. The molecular weight excluding hydrogens is 220 g/mol. The van der Waals surface area contributed by atoms with Crippen molar-refractivity contribution in [3.8, 4) is 10.7 Å². The van der Waals surface area contributed by atoms with E-state index in [1.807, 2.05) is 35.3 Å². The summed E-state index contributed by atoms with van der Waals surface area (Å²) in [6.07, 6.45) is 3.56. The summed E-state index contributed by atoms with van der Waals surface area (Å²) < 4.78 is 2.02. The molecule has 0 aromatic carbocycles. The summed E-state index contributed by atoms with van der Waals surface area (Å²) in [6, 6.07) is 3.81.